The van der Waals surface area contributed by atoms with E-state index in [0.717, 1.165) is 40.2 Å². The highest BCUT2D eigenvalue weighted by Gasteiger charge is 2.07. The Balaban J connectivity index is 1.54. The summed E-state index contributed by atoms with van der Waals surface area (Å²) in [6, 6.07) is 16.5. The maximum Gasteiger partial charge on any atom is 0.119 e. The first kappa shape index (κ1) is 20.6. The Morgan fingerprint density at radius 2 is 1.79 bits per heavy atom. The van der Waals surface area contributed by atoms with E-state index >= 15 is 0 Å². The molecule has 152 valence electrons. The van der Waals surface area contributed by atoms with E-state index in [9.17, 15) is 0 Å². The van der Waals surface area contributed by atoms with E-state index in [-0.39, 0.29) is 0 Å². The number of methoxy groups -OCH3 is 1. The molecule has 29 heavy (non-hydrogen) atoms. The van der Waals surface area contributed by atoms with Gasteiger partial charge >= 0.3 is 0 Å². The minimum Gasteiger partial charge on any atom is -0.497 e. The SMILES string of the molecule is C=C(NC(=C)c1cc2cc(OC)ccc2[nH]1)Nc1ccc(CCCCCC)cc1. The zero-order valence-electron chi connectivity index (χ0n) is 17.5. The molecule has 0 aliphatic rings. The van der Waals surface area contributed by atoms with Gasteiger partial charge in [0, 0.05) is 16.6 Å². The van der Waals surface area contributed by atoms with Gasteiger partial charge in [0.15, 0.2) is 0 Å². The highest BCUT2D eigenvalue weighted by atomic mass is 16.5. The van der Waals surface area contributed by atoms with Crippen LogP contribution in [0.5, 0.6) is 5.75 Å². The van der Waals surface area contributed by atoms with Gasteiger partial charge in [0.1, 0.15) is 11.6 Å². The molecule has 4 heteroatoms. The molecule has 0 saturated heterocycles. The van der Waals surface area contributed by atoms with Crippen molar-refractivity contribution in [1.29, 1.82) is 0 Å². The van der Waals surface area contributed by atoms with Crippen LogP contribution < -0.4 is 15.4 Å². The van der Waals surface area contributed by atoms with Gasteiger partial charge in [-0.2, -0.15) is 0 Å². The fraction of sp³-hybridized carbons (Fsp3) is 0.280. The molecule has 0 unspecified atom stereocenters. The number of nitrogens with one attached hydrogen (secondary N) is 3. The van der Waals surface area contributed by atoms with Gasteiger partial charge in [0.05, 0.1) is 18.5 Å². The van der Waals surface area contributed by atoms with Gasteiger partial charge in [-0.05, 0) is 54.8 Å². The summed E-state index contributed by atoms with van der Waals surface area (Å²) in [5.41, 5.74) is 5.10. The van der Waals surface area contributed by atoms with Crippen molar-refractivity contribution in [2.75, 3.05) is 12.4 Å². The average molecular weight is 390 g/mol. The Hall–Kier alpha value is -3.14. The van der Waals surface area contributed by atoms with Crippen LogP contribution >= 0.6 is 0 Å². The summed E-state index contributed by atoms with van der Waals surface area (Å²) < 4.78 is 5.29. The van der Waals surface area contributed by atoms with Crippen LogP contribution in [-0.2, 0) is 6.42 Å². The molecule has 0 spiro atoms. The van der Waals surface area contributed by atoms with Gasteiger partial charge in [-0.3, -0.25) is 0 Å². The molecule has 4 nitrogen and oxygen atoms in total. The van der Waals surface area contributed by atoms with Crippen LogP contribution in [0.15, 0.2) is 67.5 Å². The van der Waals surface area contributed by atoms with Gasteiger partial charge in [-0.15, -0.1) is 0 Å². The minimum absolute atomic E-state index is 0.682. The third kappa shape index (κ3) is 5.67. The smallest absolute Gasteiger partial charge is 0.119 e. The van der Waals surface area contributed by atoms with Gasteiger partial charge in [-0.1, -0.05) is 51.5 Å². The fourth-order valence-corrected chi connectivity index (χ4v) is 3.37. The first-order chi connectivity index (χ1) is 14.1. The van der Waals surface area contributed by atoms with Crippen molar-refractivity contribution in [3.8, 4) is 5.75 Å². The van der Waals surface area contributed by atoms with E-state index in [1.807, 2.05) is 24.3 Å². The summed E-state index contributed by atoms with van der Waals surface area (Å²) in [5.74, 6) is 1.52. The lowest BCUT2D eigenvalue weighted by atomic mass is 10.1. The van der Waals surface area contributed by atoms with E-state index in [0.29, 0.717) is 5.82 Å². The largest absolute Gasteiger partial charge is 0.497 e. The van der Waals surface area contributed by atoms with E-state index in [1.165, 1.54) is 31.2 Å². The van der Waals surface area contributed by atoms with E-state index in [4.69, 9.17) is 4.74 Å². The number of hydrogen-bond donors (Lipinski definition) is 3. The van der Waals surface area contributed by atoms with E-state index < -0.39 is 0 Å². The summed E-state index contributed by atoms with van der Waals surface area (Å²) in [6.07, 6.45) is 6.29. The highest BCUT2D eigenvalue weighted by molar-refractivity contribution is 5.85. The van der Waals surface area contributed by atoms with Crippen molar-refractivity contribution >= 4 is 22.3 Å². The summed E-state index contributed by atoms with van der Waals surface area (Å²) in [5, 5.41) is 7.61. The Labute approximate surface area is 173 Å². The molecule has 2 aromatic carbocycles. The fourth-order valence-electron chi connectivity index (χ4n) is 3.37. The summed E-state index contributed by atoms with van der Waals surface area (Å²) in [7, 11) is 1.67. The highest BCUT2D eigenvalue weighted by Crippen LogP contribution is 2.24. The predicted octanol–water partition coefficient (Wildman–Crippen LogP) is 6.44. The molecule has 3 N–H and O–H groups in total. The molecule has 3 aromatic rings. The molecular weight excluding hydrogens is 358 g/mol. The second-order valence-corrected chi connectivity index (χ2v) is 7.35. The molecule has 0 amide bonds. The van der Waals surface area contributed by atoms with Crippen LogP contribution in [0.1, 0.15) is 43.9 Å². The lowest BCUT2D eigenvalue weighted by molar-refractivity contribution is 0.415. The number of ether oxygens (including phenoxy) is 1. The van der Waals surface area contributed by atoms with Crippen LogP contribution in [0, 0.1) is 0 Å². The summed E-state index contributed by atoms with van der Waals surface area (Å²) in [4.78, 5) is 3.37. The van der Waals surface area contributed by atoms with Crippen LogP contribution in [0.4, 0.5) is 5.69 Å². The van der Waals surface area contributed by atoms with Crippen molar-refractivity contribution in [1.82, 2.24) is 10.3 Å². The molecule has 1 aromatic heterocycles. The zero-order valence-corrected chi connectivity index (χ0v) is 17.5. The molecule has 0 saturated carbocycles. The topological polar surface area (TPSA) is 49.1 Å². The molecule has 0 radical (unpaired) electrons. The van der Waals surface area contributed by atoms with Crippen LogP contribution in [0.25, 0.3) is 16.6 Å². The Morgan fingerprint density at radius 3 is 2.52 bits per heavy atom. The molecule has 0 aliphatic heterocycles. The number of aryl methyl sites for hydroxylation is 1. The maximum absolute atomic E-state index is 5.29. The quantitative estimate of drug-likeness (QED) is 0.331. The molecule has 0 bridgehead atoms. The van der Waals surface area contributed by atoms with Gasteiger partial charge in [0.2, 0.25) is 0 Å². The number of H-pyrrole nitrogens is 1. The van der Waals surface area contributed by atoms with Crippen molar-refractivity contribution in [2.45, 2.75) is 39.0 Å². The van der Waals surface area contributed by atoms with Crippen molar-refractivity contribution in [3.05, 3.63) is 78.8 Å². The van der Waals surface area contributed by atoms with Gasteiger partial charge < -0.3 is 20.4 Å². The average Bonchev–Trinajstić information content (AvgIpc) is 3.16. The van der Waals surface area contributed by atoms with Crippen LogP contribution in [0.3, 0.4) is 0 Å². The van der Waals surface area contributed by atoms with Crippen molar-refractivity contribution < 1.29 is 4.74 Å². The zero-order chi connectivity index (χ0) is 20.6. The first-order valence-electron chi connectivity index (χ1n) is 10.3. The summed E-state index contributed by atoms with van der Waals surface area (Å²) >= 11 is 0. The Morgan fingerprint density at radius 1 is 1.00 bits per heavy atom. The maximum atomic E-state index is 5.29. The lowest BCUT2D eigenvalue weighted by Gasteiger charge is -2.14. The number of unbranched alkanes of at least 4 members (excludes halogenated alkanes) is 3. The van der Waals surface area contributed by atoms with Crippen LogP contribution in [0.2, 0.25) is 0 Å². The number of aromatic nitrogens is 1. The van der Waals surface area contributed by atoms with Crippen molar-refractivity contribution in [3.63, 3.8) is 0 Å². The molecule has 0 atom stereocenters. The third-order valence-electron chi connectivity index (χ3n) is 5.02. The standard InChI is InChI=1S/C25H31N3O/c1-5-6-7-8-9-20-10-12-22(13-11-20)27-19(3)26-18(2)25-17-21-16-23(29-4)14-15-24(21)28-25/h10-17,26-28H,2-3,5-9H2,1,4H3. The molecule has 3 rings (SSSR count). The second kappa shape index (κ2) is 9.87. The van der Waals surface area contributed by atoms with Gasteiger partial charge in [0.25, 0.3) is 0 Å². The minimum atomic E-state index is 0.682. The van der Waals surface area contributed by atoms with Crippen molar-refractivity contribution in [2.24, 2.45) is 0 Å². The van der Waals surface area contributed by atoms with E-state index in [1.54, 1.807) is 7.11 Å². The second-order valence-electron chi connectivity index (χ2n) is 7.35. The number of anilines is 1. The summed E-state index contributed by atoms with van der Waals surface area (Å²) in [6.45, 7) is 10.4. The normalized spacial score (nSPS) is 10.7. The number of benzene rings is 2. The third-order valence-corrected chi connectivity index (χ3v) is 5.02. The Bertz CT molecular complexity index is 969. The van der Waals surface area contributed by atoms with E-state index in [2.05, 4.69) is 60.0 Å². The lowest BCUT2D eigenvalue weighted by Crippen LogP contribution is -2.16. The molecule has 1 heterocycles. The molecular formula is C25H31N3O. The number of hydrogen-bond acceptors (Lipinski definition) is 3. The predicted molar refractivity (Wildman–Crippen MR) is 124 cm³/mol. The first-order valence-corrected chi connectivity index (χ1v) is 10.3. The number of rotatable bonds is 11. The molecule has 0 fully saturated rings. The number of fused-ring (bicyclic) bond motifs is 1. The molecule has 0 aliphatic carbocycles. The Kier molecular flexibility index (Phi) is 7.01. The van der Waals surface area contributed by atoms with Crippen LogP contribution in [-0.4, -0.2) is 12.1 Å². The number of aromatic amines is 1. The monoisotopic (exact) mass is 389 g/mol. The van der Waals surface area contributed by atoms with Gasteiger partial charge in [-0.25, -0.2) is 0 Å².